The summed E-state index contributed by atoms with van der Waals surface area (Å²) in [6, 6.07) is 0.345. The first-order chi connectivity index (χ1) is 4.24. The molecular formula is C7H15NO. The van der Waals surface area contributed by atoms with E-state index in [1.807, 2.05) is 0 Å². The molecule has 0 radical (unpaired) electrons. The SMILES string of the molecule is CC1CC(N)CC1CO. The molecule has 3 N–H and O–H groups in total. The van der Waals surface area contributed by atoms with E-state index < -0.39 is 0 Å². The molecule has 1 aliphatic carbocycles. The summed E-state index contributed by atoms with van der Waals surface area (Å²) in [6.07, 6.45) is 2.10. The molecule has 54 valence electrons. The van der Waals surface area contributed by atoms with Crippen LogP contribution < -0.4 is 5.73 Å². The van der Waals surface area contributed by atoms with Crippen LogP contribution in [-0.4, -0.2) is 17.8 Å². The average Bonchev–Trinajstić information content (AvgIpc) is 2.10. The number of hydrogen-bond donors (Lipinski definition) is 2. The molecule has 0 spiro atoms. The third-order valence-corrected chi connectivity index (χ3v) is 2.32. The fraction of sp³-hybridized carbons (Fsp3) is 1.00. The maximum atomic E-state index is 8.80. The van der Waals surface area contributed by atoms with Gasteiger partial charge in [-0.1, -0.05) is 6.92 Å². The summed E-state index contributed by atoms with van der Waals surface area (Å²) in [7, 11) is 0. The van der Waals surface area contributed by atoms with E-state index in [0.29, 0.717) is 24.5 Å². The quantitative estimate of drug-likeness (QED) is 0.536. The Morgan fingerprint density at radius 3 is 2.44 bits per heavy atom. The lowest BCUT2D eigenvalue weighted by molar-refractivity contribution is 0.201. The predicted molar refractivity (Wildman–Crippen MR) is 36.9 cm³/mol. The highest BCUT2D eigenvalue weighted by Crippen LogP contribution is 2.29. The van der Waals surface area contributed by atoms with E-state index in [4.69, 9.17) is 10.8 Å². The van der Waals surface area contributed by atoms with Gasteiger partial charge < -0.3 is 10.8 Å². The summed E-state index contributed by atoms with van der Waals surface area (Å²) in [5.74, 6) is 1.10. The Morgan fingerprint density at radius 2 is 2.22 bits per heavy atom. The smallest absolute Gasteiger partial charge is 0.0462 e. The second-order valence-corrected chi connectivity index (χ2v) is 3.15. The van der Waals surface area contributed by atoms with Crippen molar-refractivity contribution in [2.75, 3.05) is 6.61 Å². The molecule has 0 aromatic rings. The minimum atomic E-state index is 0.314. The molecule has 9 heavy (non-hydrogen) atoms. The lowest BCUT2D eigenvalue weighted by Crippen LogP contribution is -2.15. The fourth-order valence-electron chi connectivity index (χ4n) is 1.64. The van der Waals surface area contributed by atoms with Gasteiger partial charge in [0.25, 0.3) is 0 Å². The van der Waals surface area contributed by atoms with Crippen molar-refractivity contribution in [3.8, 4) is 0 Å². The Labute approximate surface area is 56.1 Å². The molecule has 0 aromatic carbocycles. The van der Waals surface area contributed by atoms with Gasteiger partial charge in [0.05, 0.1) is 0 Å². The monoisotopic (exact) mass is 129 g/mol. The maximum absolute atomic E-state index is 8.80. The zero-order valence-corrected chi connectivity index (χ0v) is 5.88. The Hall–Kier alpha value is -0.0800. The number of rotatable bonds is 1. The summed E-state index contributed by atoms with van der Waals surface area (Å²) in [6.45, 7) is 2.47. The van der Waals surface area contributed by atoms with Crippen molar-refractivity contribution >= 4 is 0 Å². The van der Waals surface area contributed by atoms with Crippen LogP contribution in [0.3, 0.4) is 0 Å². The molecule has 3 atom stereocenters. The first-order valence-electron chi connectivity index (χ1n) is 3.60. The summed E-state index contributed by atoms with van der Waals surface area (Å²) in [4.78, 5) is 0. The summed E-state index contributed by atoms with van der Waals surface area (Å²) in [5.41, 5.74) is 5.68. The molecule has 0 aliphatic heterocycles. The van der Waals surface area contributed by atoms with Crippen molar-refractivity contribution < 1.29 is 5.11 Å². The van der Waals surface area contributed by atoms with Crippen LogP contribution in [-0.2, 0) is 0 Å². The first-order valence-corrected chi connectivity index (χ1v) is 3.60. The fourth-order valence-corrected chi connectivity index (χ4v) is 1.64. The average molecular weight is 129 g/mol. The van der Waals surface area contributed by atoms with Crippen LogP contribution in [0.25, 0.3) is 0 Å². The van der Waals surface area contributed by atoms with E-state index in [-0.39, 0.29) is 0 Å². The topological polar surface area (TPSA) is 46.2 Å². The van der Waals surface area contributed by atoms with Gasteiger partial charge in [0.1, 0.15) is 0 Å². The van der Waals surface area contributed by atoms with Gasteiger partial charge in [0.2, 0.25) is 0 Å². The van der Waals surface area contributed by atoms with Crippen LogP contribution in [0.2, 0.25) is 0 Å². The van der Waals surface area contributed by atoms with E-state index in [2.05, 4.69) is 6.92 Å². The molecule has 0 bridgehead atoms. The largest absolute Gasteiger partial charge is 0.396 e. The van der Waals surface area contributed by atoms with Crippen LogP contribution in [0.4, 0.5) is 0 Å². The lowest BCUT2D eigenvalue weighted by atomic mass is 10.00. The zero-order valence-electron chi connectivity index (χ0n) is 5.88. The van der Waals surface area contributed by atoms with E-state index in [9.17, 15) is 0 Å². The zero-order chi connectivity index (χ0) is 6.85. The van der Waals surface area contributed by atoms with E-state index in [1.54, 1.807) is 0 Å². The number of aliphatic hydroxyl groups is 1. The molecule has 1 saturated carbocycles. The van der Waals surface area contributed by atoms with Gasteiger partial charge in [-0.2, -0.15) is 0 Å². The first kappa shape index (κ1) is 7.03. The minimum absolute atomic E-state index is 0.314. The molecule has 2 heteroatoms. The van der Waals surface area contributed by atoms with Crippen molar-refractivity contribution in [2.24, 2.45) is 17.6 Å². The third-order valence-electron chi connectivity index (χ3n) is 2.32. The van der Waals surface area contributed by atoms with Gasteiger partial charge >= 0.3 is 0 Å². The Kier molecular flexibility index (Phi) is 2.09. The standard InChI is InChI=1S/C7H15NO/c1-5-2-7(8)3-6(5)4-9/h5-7,9H,2-4,8H2,1H3. The molecule has 2 nitrogen and oxygen atoms in total. The molecule has 3 unspecified atom stereocenters. The third kappa shape index (κ3) is 1.43. The van der Waals surface area contributed by atoms with Gasteiger partial charge in [-0.05, 0) is 24.7 Å². The Morgan fingerprint density at radius 1 is 1.56 bits per heavy atom. The van der Waals surface area contributed by atoms with Crippen molar-refractivity contribution in [3.05, 3.63) is 0 Å². The summed E-state index contributed by atoms with van der Waals surface area (Å²) >= 11 is 0. The predicted octanol–water partition coefficient (Wildman–Crippen LogP) is 0.352. The van der Waals surface area contributed by atoms with Crippen LogP contribution in [0.1, 0.15) is 19.8 Å². The molecular weight excluding hydrogens is 114 g/mol. The number of aliphatic hydroxyl groups excluding tert-OH is 1. The molecule has 0 aromatic heterocycles. The van der Waals surface area contributed by atoms with Crippen molar-refractivity contribution in [3.63, 3.8) is 0 Å². The van der Waals surface area contributed by atoms with Crippen LogP contribution in [0.5, 0.6) is 0 Å². The highest BCUT2D eigenvalue weighted by molar-refractivity contribution is 4.82. The van der Waals surface area contributed by atoms with Gasteiger partial charge in [0, 0.05) is 12.6 Å². The summed E-state index contributed by atoms with van der Waals surface area (Å²) < 4.78 is 0. The molecule has 1 rings (SSSR count). The number of hydrogen-bond acceptors (Lipinski definition) is 2. The number of nitrogens with two attached hydrogens (primary N) is 1. The van der Waals surface area contributed by atoms with Crippen molar-refractivity contribution in [1.82, 2.24) is 0 Å². The van der Waals surface area contributed by atoms with Gasteiger partial charge in [-0.3, -0.25) is 0 Å². The molecule has 0 saturated heterocycles. The van der Waals surface area contributed by atoms with Gasteiger partial charge in [-0.15, -0.1) is 0 Å². The van der Waals surface area contributed by atoms with Gasteiger partial charge in [0.15, 0.2) is 0 Å². The Bertz CT molecular complexity index is 94.9. The van der Waals surface area contributed by atoms with E-state index in [1.165, 1.54) is 0 Å². The molecule has 0 amide bonds. The van der Waals surface area contributed by atoms with Crippen LogP contribution in [0.15, 0.2) is 0 Å². The lowest BCUT2D eigenvalue weighted by Gasteiger charge is -2.09. The van der Waals surface area contributed by atoms with Crippen molar-refractivity contribution in [2.45, 2.75) is 25.8 Å². The van der Waals surface area contributed by atoms with Gasteiger partial charge in [-0.25, -0.2) is 0 Å². The minimum Gasteiger partial charge on any atom is -0.396 e. The van der Waals surface area contributed by atoms with Crippen LogP contribution in [0, 0.1) is 11.8 Å². The molecule has 0 heterocycles. The normalized spacial score (nSPS) is 43.7. The molecule has 1 aliphatic rings. The Balaban J connectivity index is 2.38. The summed E-state index contributed by atoms with van der Waals surface area (Å²) in [5, 5.41) is 8.80. The second-order valence-electron chi connectivity index (χ2n) is 3.15. The highest BCUT2D eigenvalue weighted by atomic mass is 16.3. The second kappa shape index (κ2) is 2.67. The highest BCUT2D eigenvalue weighted by Gasteiger charge is 2.27. The molecule has 1 fully saturated rings. The van der Waals surface area contributed by atoms with Crippen LogP contribution >= 0.6 is 0 Å². The van der Waals surface area contributed by atoms with E-state index >= 15 is 0 Å². The maximum Gasteiger partial charge on any atom is 0.0462 e. The van der Waals surface area contributed by atoms with Crippen molar-refractivity contribution in [1.29, 1.82) is 0 Å². The van der Waals surface area contributed by atoms with E-state index in [0.717, 1.165) is 12.8 Å².